The molecule has 126 valence electrons. The molecule has 7 heteroatoms. The third kappa shape index (κ3) is 3.25. The van der Waals surface area contributed by atoms with Gasteiger partial charge in [0.15, 0.2) is 0 Å². The van der Waals surface area contributed by atoms with Crippen LogP contribution in [0.4, 0.5) is 17.7 Å². The van der Waals surface area contributed by atoms with Crippen molar-refractivity contribution in [2.75, 3.05) is 54.0 Å². The van der Waals surface area contributed by atoms with Crippen molar-refractivity contribution in [3.63, 3.8) is 0 Å². The molecule has 7 nitrogen and oxygen atoms in total. The van der Waals surface area contributed by atoms with Gasteiger partial charge in [-0.1, -0.05) is 0 Å². The van der Waals surface area contributed by atoms with E-state index in [1.165, 1.54) is 19.3 Å². The fraction of sp³-hybridized carbons (Fsp3) is 0.529. The maximum atomic E-state index is 4.81. The van der Waals surface area contributed by atoms with Gasteiger partial charge in [0.2, 0.25) is 11.9 Å². The van der Waals surface area contributed by atoms with Crippen molar-refractivity contribution < 1.29 is 0 Å². The molecule has 2 saturated heterocycles. The molecule has 2 aromatic rings. The van der Waals surface area contributed by atoms with Crippen molar-refractivity contribution in [1.82, 2.24) is 19.9 Å². The molecule has 0 atom stereocenters. The topological polar surface area (TPSA) is 61.3 Å². The number of piperazine rings is 1. The van der Waals surface area contributed by atoms with E-state index < -0.39 is 0 Å². The Balaban J connectivity index is 1.42. The molecular weight excluding hydrogens is 302 g/mol. The Morgan fingerprint density at radius 1 is 0.625 bits per heavy atom. The summed E-state index contributed by atoms with van der Waals surface area (Å²) < 4.78 is 0. The van der Waals surface area contributed by atoms with Crippen LogP contribution < -0.4 is 14.7 Å². The van der Waals surface area contributed by atoms with Gasteiger partial charge in [-0.05, 0) is 31.4 Å². The smallest absolute Gasteiger partial charge is 0.227 e. The third-order valence-electron chi connectivity index (χ3n) is 4.71. The normalized spacial score (nSPS) is 18.8. The van der Waals surface area contributed by atoms with Crippen LogP contribution in [-0.2, 0) is 0 Å². The van der Waals surface area contributed by atoms with Crippen LogP contribution in [0.25, 0.3) is 0 Å². The minimum atomic E-state index is 0.814. The SMILES string of the molecule is c1cnc(N2CCN(c3ccnc(N4CCCCC4)n3)CC2)nc1. The number of nitrogens with zero attached hydrogens (tertiary/aromatic N) is 7. The van der Waals surface area contributed by atoms with E-state index in [9.17, 15) is 0 Å². The molecule has 0 saturated carbocycles. The zero-order valence-electron chi connectivity index (χ0n) is 13.9. The molecule has 2 fully saturated rings. The van der Waals surface area contributed by atoms with Gasteiger partial charge in [-0.3, -0.25) is 0 Å². The zero-order valence-corrected chi connectivity index (χ0v) is 13.9. The first-order chi connectivity index (χ1) is 11.9. The number of hydrogen-bond donors (Lipinski definition) is 0. The molecule has 24 heavy (non-hydrogen) atoms. The van der Waals surface area contributed by atoms with Gasteiger partial charge in [0, 0.05) is 57.9 Å². The van der Waals surface area contributed by atoms with E-state index in [-0.39, 0.29) is 0 Å². The molecule has 0 aromatic carbocycles. The van der Waals surface area contributed by atoms with Crippen LogP contribution in [0.2, 0.25) is 0 Å². The summed E-state index contributed by atoms with van der Waals surface area (Å²) in [6, 6.07) is 3.87. The molecule has 0 amide bonds. The van der Waals surface area contributed by atoms with E-state index in [4.69, 9.17) is 4.98 Å². The van der Waals surface area contributed by atoms with Crippen LogP contribution in [0, 0.1) is 0 Å². The van der Waals surface area contributed by atoms with Gasteiger partial charge in [-0.25, -0.2) is 15.0 Å². The maximum absolute atomic E-state index is 4.81. The van der Waals surface area contributed by atoms with Crippen molar-refractivity contribution in [2.24, 2.45) is 0 Å². The molecule has 4 rings (SSSR count). The summed E-state index contributed by atoms with van der Waals surface area (Å²) in [5.74, 6) is 2.72. The van der Waals surface area contributed by atoms with Crippen LogP contribution in [-0.4, -0.2) is 59.2 Å². The summed E-state index contributed by atoms with van der Waals surface area (Å²) in [4.78, 5) is 24.8. The molecule has 0 spiro atoms. The number of hydrogen-bond acceptors (Lipinski definition) is 7. The van der Waals surface area contributed by atoms with Gasteiger partial charge < -0.3 is 14.7 Å². The molecule has 2 aliphatic heterocycles. The Morgan fingerprint density at radius 2 is 1.25 bits per heavy atom. The Morgan fingerprint density at radius 3 is 2.00 bits per heavy atom. The predicted molar refractivity (Wildman–Crippen MR) is 94.6 cm³/mol. The van der Waals surface area contributed by atoms with E-state index in [1.807, 2.05) is 18.3 Å². The molecule has 0 N–H and O–H groups in total. The Bertz CT molecular complexity index is 649. The number of piperidine rings is 1. The Labute approximate surface area is 142 Å². The summed E-state index contributed by atoms with van der Waals surface area (Å²) in [5.41, 5.74) is 0. The first-order valence-electron chi connectivity index (χ1n) is 8.75. The molecule has 4 heterocycles. The molecule has 2 aliphatic rings. The van der Waals surface area contributed by atoms with Crippen LogP contribution in [0.1, 0.15) is 19.3 Å². The molecule has 0 bridgehead atoms. The summed E-state index contributed by atoms with van der Waals surface area (Å²) >= 11 is 0. The Hall–Kier alpha value is -2.44. The van der Waals surface area contributed by atoms with Crippen LogP contribution in [0.15, 0.2) is 30.7 Å². The summed E-state index contributed by atoms with van der Waals surface area (Å²) in [7, 11) is 0. The maximum Gasteiger partial charge on any atom is 0.227 e. The van der Waals surface area contributed by atoms with Gasteiger partial charge in [-0.15, -0.1) is 0 Å². The lowest BCUT2D eigenvalue weighted by Gasteiger charge is -2.35. The van der Waals surface area contributed by atoms with Gasteiger partial charge in [-0.2, -0.15) is 4.98 Å². The van der Waals surface area contributed by atoms with Crippen LogP contribution in [0.5, 0.6) is 0 Å². The average Bonchev–Trinajstić information content (AvgIpc) is 2.70. The summed E-state index contributed by atoms with van der Waals surface area (Å²) in [5, 5.41) is 0. The number of anilines is 3. The summed E-state index contributed by atoms with van der Waals surface area (Å²) in [6.45, 7) is 5.81. The highest BCUT2D eigenvalue weighted by Crippen LogP contribution is 2.20. The quantitative estimate of drug-likeness (QED) is 0.849. The first kappa shape index (κ1) is 15.1. The first-order valence-corrected chi connectivity index (χ1v) is 8.75. The fourth-order valence-corrected chi connectivity index (χ4v) is 3.35. The number of aromatic nitrogens is 4. The highest BCUT2D eigenvalue weighted by Gasteiger charge is 2.21. The van der Waals surface area contributed by atoms with E-state index in [0.29, 0.717) is 0 Å². The summed E-state index contributed by atoms with van der Waals surface area (Å²) in [6.07, 6.45) is 9.28. The molecule has 0 radical (unpaired) electrons. The van der Waals surface area contributed by atoms with Crippen molar-refractivity contribution >= 4 is 17.7 Å². The molecule has 0 aliphatic carbocycles. The highest BCUT2D eigenvalue weighted by molar-refractivity contribution is 5.46. The highest BCUT2D eigenvalue weighted by atomic mass is 15.3. The standard InChI is InChI=1S/C17H23N7/c1-2-9-23(10-3-1)17-20-8-5-15(21-17)22-11-13-24(14-12-22)16-18-6-4-7-19-16/h4-8H,1-3,9-14H2. The van der Waals surface area contributed by atoms with Gasteiger partial charge in [0.1, 0.15) is 5.82 Å². The van der Waals surface area contributed by atoms with Gasteiger partial charge >= 0.3 is 0 Å². The van der Waals surface area contributed by atoms with Gasteiger partial charge in [0.05, 0.1) is 0 Å². The second-order valence-electron chi connectivity index (χ2n) is 6.29. The minimum absolute atomic E-state index is 0.814. The van der Waals surface area contributed by atoms with Crippen molar-refractivity contribution in [1.29, 1.82) is 0 Å². The molecule has 0 unspecified atom stereocenters. The Kier molecular flexibility index (Phi) is 4.40. The lowest BCUT2D eigenvalue weighted by molar-refractivity contribution is 0.567. The zero-order chi connectivity index (χ0) is 16.2. The second-order valence-corrected chi connectivity index (χ2v) is 6.29. The average molecular weight is 325 g/mol. The molecule has 2 aromatic heterocycles. The van der Waals surface area contributed by atoms with Crippen molar-refractivity contribution in [3.8, 4) is 0 Å². The van der Waals surface area contributed by atoms with Crippen LogP contribution in [0.3, 0.4) is 0 Å². The van der Waals surface area contributed by atoms with Crippen LogP contribution >= 0.6 is 0 Å². The lowest BCUT2D eigenvalue weighted by Crippen LogP contribution is -2.47. The van der Waals surface area contributed by atoms with Crippen molar-refractivity contribution in [3.05, 3.63) is 30.7 Å². The minimum Gasteiger partial charge on any atom is -0.353 e. The molecular formula is C17H23N7. The third-order valence-corrected chi connectivity index (χ3v) is 4.71. The predicted octanol–water partition coefficient (Wildman–Crippen LogP) is 1.58. The van der Waals surface area contributed by atoms with Crippen molar-refractivity contribution in [2.45, 2.75) is 19.3 Å². The monoisotopic (exact) mass is 325 g/mol. The van der Waals surface area contributed by atoms with E-state index in [0.717, 1.165) is 57.0 Å². The largest absolute Gasteiger partial charge is 0.353 e. The van der Waals surface area contributed by atoms with Gasteiger partial charge in [0.25, 0.3) is 0 Å². The number of rotatable bonds is 3. The van der Waals surface area contributed by atoms with E-state index in [1.54, 1.807) is 12.4 Å². The fourth-order valence-electron chi connectivity index (χ4n) is 3.35. The van der Waals surface area contributed by atoms with E-state index in [2.05, 4.69) is 29.7 Å². The lowest BCUT2D eigenvalue weighted by atomic mass is 10.1. The second kappa shape index (κ2) is 6.98. The van der Waals surface area contributed by atoms with E-state index >= 15 is 0 Å².